The molecule has 2 aromatic rings. The van der Waals surface area contributed by atoms with Crippen LogP contribution in [0.2, 0.25) is 0 Å². The van der Waals surface area contributed by atoms with Crippen LogP contribution >= 0.6 is 12.6 Å². The topological polar surface area (TPSA) is 65.0 Å². The fourth-order valence-corrected chi connectivity index (χ4v) is 4.35. The Hall–Kier alpha value is -2.81. The number of para-hydroxylation sites is 1. The maximum absolute atomic E-state index is 13.2. The van der Waals surface area contributed by atoms with E-state index in [1.54, 1.807) is 24.3 Å². The molecular formula is C25H28F2N2O3S. The van der Waals surface area contributed by atoms with Gasteiger partial charge in [0.15, 0.2) is 0 Å². The van der Waals surface area contributed by atoms with E-state index in [0.717, 1.165) is 11.8 Å². The molecule has 8 heteroatoms. The average Bonchev–Trinajstić information content (AvgIpc) is 3.12. The second kappa shape index (κ2) is 11.9. The number of thiol groups is 1. The van der Waals surface area contributed by atoms with Crippen molar-refractivity contribution in [3.63, 3.8) is 0 Å². The van der Waals surface area contributed by atoms with Crippen molar-refractivity contribution in [3.8, 4) is 0 Å². The van der Waals surface area contributed by atoms with Crippen molar-refractivity contribution >= 4 is 18.3 Å². The van der Waals surface area contributed by atoms with Gasteiger partial charge in [0.05, 0.1) is 25.3 Å². The van der Waals surface area contributed by atoms with E-state index in [9.17, 15) is 13.9 Å². The Bertz CT molecular complexity index is 979. The number of ether oxygens (including phenoxy) is 1. The summed E-state index contributed by atoms with van der Waals surface area (Å²) in [6.45, 7) is 0. The molecule has 1 aliphatic heterocycles. The average molecular weight is 475 g/mol. The molecule has 0 saturated carbocycles. The lowest BCUT2D eigenvalue weighted by molar-refractivity contribution is 0.160. The molecule has 3 N–H and O–H groups in total. The molecule has 0 aliphatic carbocycles. The summed E-state index contributed by atoms with van der Waals surface area (Å²) in [5, 5.41) is 22.9. The highest BCUT2D eigenvalue weighted by atomic mass is 32.1. The molecule has 1 saturated heterocycles. The zero-order chi connectivity index (χ0) is 23.8. The Morgan fingerprint density at radius 2 is 1.91 bits per heavy atom. The first-order valence-corrected chi connectivity index (χ1v) is 11.1. The minimum absolute atomic E-state index is 0.0523. The number of allylic oxidation sites excluding steroid dienone is 3. The molecule has 1 heterocycles. The molecule has 3 rings (SSSR count). The molecular weight excluding hydrogens is 446 g/mol. The summed E-state index contributed by atoms with van der Waals surface area (Å²) in [6, 6.07) is 14.1. The molecule has 176 valence electrons. The number of aliphatic hydroxyl groups is 2. The van der Waals surface area contributed by atoms with Gasteiger partial charge in [0.2, 0.25) is 0 Å². The first-order valence-electron chi connectivity index (χ1n) is 10.6. The first-order chi connectivity index (χ1) is 15.9. The van der Waals surface area contributed by atoms with Crippen LogP contribution in [0.1, 0.15) is 24.5 Å². The standard InChI is InChI=1S/C25H28F2N2O3S/c1-32-20(16-24(27)31)8-5-9-22-21(14-15-23(30)17-10-12-18(26)13-11-17)28-25(33)29(22)19-6-3-2-4-7-19/h2-13,16,21-23,25,28,30-31,33H,14-15H2,1H3/b9-5+,20-8+,24-16+. The van der Waals surface area contributed by atoms with E-state index in [2.05, 4.69) is 10.2 Å². The predicted octanol–water partition coefficient (Wildman–Crippen LogP) is 5.16. The Morgan fingerprint density at radius 3 is 2.55 bits per heavy atom. The molecule has 33 heavy (non-hydrogen) atoms. The van der Waals surface area contributed by atoms with Gasteiger partial charge in [0.25, 0.3) is 6.01 Å². The number of hydrogen-bond acceptors (Lipinski definition) is 6. The third-order valence-electron chi connectivity index (χ3n) is 5.49. The highest BCUT2D eigenvalue weighted by Crippen LogP contribution is 2.31. The highest BCUT2D eigenvalue weighted by Gasteiger charge is 2.37. The van der Waals surface area contributed by atoms with Crippen molar-refractivity contribution in [2.24, 2.45) is 0 Å². The van der Waals surface area contributed by atoms with Gasteiger partial charge in [-0.1, -0.05) is 42.5 Å². The maximum atomic E-state index is 13.2. The number of nitrogens with zero attached hydrogens (tertiary/aromatic N) is 1. The Balaban J connectivity index is 1.80. The number of halogens is 2. The quantitative estimate of drug-likeness (QED) is 0.230. The Labute approximate surface area is 198 Å². The summed E-state index contributed by atoms with van der Waals surface area (Å²) in [7, 11) is 1.38. The number of hydrogen-bond donors (Lipinski definition) is 4. The zero-order valence-corrected chi connectivity index (χ0v) is 19.1. The van der Waals surface area contributed by atoms with Crippen molar-refractivity contribution < 1.29 is 23.7 Å². The van der Waals surface area contributed by atoms with Gasteiger partial charge in [-0.15, -0.1) is 12.6 Å². The largest absolute Gasteiger partial charge is 0.497 e. The first kappa shape index (κ1) is 24.8. The lowest BCUT2D eigenvalue weighted by Crippen LogP contribution is -2.36. The second-order valence-electron chi connectivity index (χ2n) is 7.65. The SMILES string of the molecule is COC(/C=C(/O)F)=C/C=C/C1C(CCC(O)c2ccc(F)cc2)NC(S)N1c1ccccc1. The predicted molar refractivity (Wildman–Crippen MR) is 129 cm³/mol. The maximum Gasteiger partial charge on any atom is 0.273 e. The van der Waals surface area contributed by atoms with E-state index in [1.165, 1.54) is 19.2 Å². The van der Waals surface area contributed by atoms with Gasteiger partial charge in [0, 0.05) is 11.7 Å². The number of anilines is 1. The molecule has 0 radical (unpaired) electrons. The molecule has 5 nitrogen and oxygen atoms in total. The zero-order valence-electron chi connectivity index (χ0n) is 18.2. The monoisotopic (exact) mass is 474 g/mol. The van der Waals surface area contributed by atoms with Crippen LogP contribution in [0.15, 0.2) is 90.7 Å². The summed E-state index contributed by atoms with van der Waals surface area (Å²) < 4.78 is 31.0. The van der Waals surface area contributed by atoms with Crippen LogP contribution < -0.4 is 10.2 Å². The molecule has 4 unspecified atom stereocenters. The molecule has 2 aromatic carbocycles. The normalized spacial score (nSPS) is 22.7. The van der Waals surface area contributed by atoms with Gasteiger partial charge >= 0.3 is 0 Å². The van der Waals surface area contributed by atoms with E-state index in [0.29, 0.717) is 18.4 Å². The Kier molecular flexibility index (Phi) is 8.94. The number of benzene rings is 2. The van der Waals surface area contributed by atoms with E-state index in [4.69, 9.17) is 22.5 Å². The van der Waals surface area contributed by atoms with Crippen LogP contribution in [0.4, 0.5) is 14.5 Å². The van der Waals surface area contributed by atoms with Gasteiger partial charge in [-0.05, 0) is 48.7 Å². The molecule has 0 bridgehead atoms. The van der Waals surface area contributed by atoms with E-state index >= 15 is 0 Å². The number of nitrogens with one attached hydrogen (secondary N) is 1. The minimum atomic E-state index is -1.34. The molecule has 4 atom stereocenters. The number of methoxy groups -OCH3 is 1. The fourth-order valence-electron chi connectivity index (χ4n) is 3.87. The smallest absolute Gasteiger partial charge is 0.273 e. The molecule has 0 aromatic heterocycles. The molecule has 0 amide bonds. The van der Waals surface area contributed by atoms with Crippen molar-refractivity contribution in [1.82, 2.24) is 5.32 Å². The third-order valence-corrected chi connectivity index (χ3v) is 5.88. The number of rotatable bonds is 9. The van der Waals surface area contributed by atoms with Crippen LogP contribution in [-0.4, -0.2) is 34.9 Å². The van der Waals surface area contributed by atoms with E-state index in [1.807, 2.05) is 36.4 Å². The van der Waals surface area contributed by atoms with Crippen LogP contribution in [-0.2, 0) is 4.74 Å². The minimum Gasteiger partial charge on any atom is -0.497 e. The van der Waals surface area contributed by atoms with Gasteiger partial charge in [-0.2, -0.15) is 4.39 Å². The summed E-state index contributed by atoms with van der Waals surface area (Å²) in [5.41, 5.74) is 1.36. The van der Waals surface area contributed by atoms with Crippen LogP contribution in [0.25, 0.3) is 0 Å². The highest BCUT2D eigenvalue weighted by molar-refractivity contribution is 7.81. The fraction of sp³-hybridized carbons (Fsp3) is 0.280. The second-order valence-corrected chi connectivity index (χ2v) is 8.14. The van der Waals surface area contributed by atoms with Gasteiger partial charge in [0.1, 0.15) is 17.1 Å². The van der Waals surface area contributed by atoms with Crippen molar-refractivity contribution in [2.75, 3.05) is 12.0 Å². The van der Waals surface area contributed by atoms with Crippen LogP contribution in [0.3, 0.4) is 0 Å². The number of aliphatic hydroxyl groups excluding tert-OH is 2. The van der Waals surface area contributed by atoms with E-state index in [-0.39, 0.29) is 29.2 Å². The summed E-state index contributed by atoms with van der Waals surface area (Å²) in [4.78, 5) is 2.11. The molecule has 1 fully saturated rings. The van der Waals surface area contributed by atoms with Crippen molar-refractivity contribution in [3.05, 3.63) is 102 Å². The van der Waals surface area contributed by atoms with Gasteiger partial charge in [-0.3, -0.25) is 5.32 Å². The molecule has 0 spiro atoms. The van der Waals surface area contributed by atoms with Gasteiger partial charge in [-0.25, -0.2) is 4.39 Å². The van der Waals surface area contributed by atoms with Crippen molar-refractivity contribution in [1.29, 1.82) is 0 Å². The van der Waals surface area contributed by atoms with Crippen LogP contribution in [0, 0.1) is 5.82 Å². The lowest BCUT2D eigenvalue weighted by atomic mass is 9.97. The third kappa shape index (κ3) is 6.83. The molecule has 1 aliphatic rings. The summed E-state index contributed by atoms with van der Waals surface area (Å²) in [6.07, 6.45) is 6.47. The summed E-state index contributed by atoms with van der Waals surface area (Å²) >= 11 is 4.71. The van der Waals surface area contributed by atoms with E-state index < -0.39 is 12.1 Å². The van der Waals surface area contributed by atoms with Crippen molar-refractivity contribution in [2.45, 2.75) is 36.5 Å². The van der Waals surface area contributed by atoms with Gasteiger partial charge < -0.3 is 19.8 Å². The summed E-state index contributed by atoms with van der Waals surface area (Å²) in [5.74, 6) is -0.182. The van der Waals surface area contributed by atoms with Crippen LogP contribution in [0.5, 0.6) is 0 Å². The lowest BCUT2D eigenvalue weighted by Gasteiger charge is -2.29. The Morgan fingerprint density at radius 1 is 1.21 bits per heavy atom.